The van der Waals surface area contributed by atoms with Crippen LogP contribution in [-0.4, -0.2) is 51.3 Å². The molecule has 33 heavy (non-hydrogen) atoms. The summed E-state index contributed by atoms with van der Waals surface area (Å²) in [5, 5.41) is 10.2. The van der Waals surface area contributed by atoms with Crippen molar-refractivity contribution in [2.75, 3.05) is 13.1 Å². The number of nitrogens with zero attached hydrogens (tertiary/aromatic N) is 2. The first-order chi connectivity index (χ1) is 15.6. The molecule has 1 saturated carbocycles. The SMILES string of the molecule is O=C(C1CC1)C(c1ccccc1F)N1CCC(S)/C(=C/c2nccs2)C1.O=C(O)C(F)(F)F. The molecule has 178 valence electrons. The Morgan fingerprint density at radius 1 is 1.24 bits per heavy atom. The number of hydrogen-bond donors (Lipinski definition) is 2. The number of ketones is 1. The van der Waals surface area contributed by atoms with E-state index in [1.54, 1.807) is 29.7 Å². The van der Waals surface area contributed by atoms with E-state index < -0.39 is 18.2 Å². The molecular weight excluding hydrogens is 480 g/mol. The molecule has 2 atom stereocenters. The summed E-state index contributed by atoms with van der Waals surface area (Å²) in [7, 11) is 0. The Morgan fingerprint density at radius 2 is 1.91 bits per heavy atom. The lowest BCUT2D eigenvalue weighted by atomic mass is 9.93. The molecule has 2 unspecified atom stereocenters. The fourth-order valence-electron chi connectivity index (χ4n) is 3.54. The van der Waals surface area contributed by atoms with Gasteiger partial charge in [-0.3, -0.25) is 9.69 Å². The number of piperidine rings is 1. The molecule has 0 radical (unpaired) electrons. The van der Waals surface area contributed by atoms with Crippen molar-refractivity contribution >= 4 is 41.8 Å². The van der Waals surface area contributed by atoms with Crippen LogP contribution in [0.5, 0.6) is 0 Å². The Hall–Kier alpha value is -2.24. The molecule has 2 heterocycles. The predicted octanol–water partition coefficient (Wildman–Crippen LogP) is 5.02. The van der Waals surface area contributed by atoms with Crippen molar-refractivity contribution < 1.29 is 32.3 Å². The van der Waals surface area contributed by atoms with Gasteiger partial charge in [0.05, 0.1) is 6.04 Å². The largest absolute Gasteiger partial charge is 0.490 e. The normalized spacial score (nSPS) is 21.2. The number of carboxylic acid groups (broad SMARTS) is 1. The van der Waals surface area contributed by atoms with Gasteiger partial charge in [0, 0.05) is 41.4 Å². The Kier molecular flexibility index (Phi) is 8.30. The van der Waals surface area contributed by atoms with Gasteiger partial charge in [-0.25, -0.2) is 14.2 Å². The van der Waals surface area contributed by atoms with Gasteiger partial charge in [-0.15, -0.1) is 11.3 Å². The predicted molar refractivity (Wildman–Crippen MR) is 120 cm³/mol. The minimum Gasteiger partial charge on any atom is -0.475 e. The number of thiol groups is 1. The first-order valence-corrected chi connectivity index (χ1v) is 11.6. The lowest BCUT2D eigenvalue weighted by molar-refractivity contribution is -0.192. The van der Waals surface area contributed by atoms with Crippen molar-refractivity contribution in [3.63, 3.8) is 0 Å². The molecule has 0 amide bonds. The highest BCUT2D eigenvalue weighted by Gasteiger charge is 2.41. The molecule has 2 fully saturated rings. The van der Waals surface area contributed by atoms with Crippen LogP contribution in [0.15, 0.2) is 41.4 Å². The quantitative estimate of drug-likeness (QED) is 0.444. The molecular formula is C22H22F4N2O3S2. The standard InChI is InChI=1S/C20H21FN2OS2.C2HF3O2/c21-16-4-2-1-3-15(16)19(20(24)13-5-6-13)23-9-7-17(25)14(12-23)11-18-22-8-10-26-18;3-2(4,5)1(6)7/h1-4,8,10-11,13,17,19,25H,5-7,9,12H2;(H,6,7)/b14-11+;. The van der Waals surface area contributed by atoms with Crippen LogP contribution in [0.4, 0.5) is 17.6 Å². The van der Waals surface area contributed by atoms with Gasteiger partial charge in [0.25, 0.3) is 0 Å². The number of carbonyl (C=O) groups is 2. The van der Waals surface area contributed by atoms with E-state index in [1.165, 1.54) is 6.07 Å². The number of carbonyl (C=O) groups excluding carboxylic acids is 1. The average molecular weight is 503 g/mol. The molecule has 1 aliphatic heterocycles. The summed E-state index contributed by atoms with van der Waals surface area (Å²) in [5.41, 5.74) is 1.63. The molecule has 1 aromatic heterocycles. The number of thiazole rings is 1. The molecule has 11 heteroatoms. The zero-order valence-corrected chi connectivity index (χ0v) is 19.0. The summed E-state index contributed by atoms with van der Waals surface area (Å²) in [6.45, 7) is 1.35. The lowest BCUT2D eigenvalue weighted by Gasteiger charge is -2.37. The van der Waals surface area contributed by atoms with Crippen molar-refractivity contribution in [2.45, 2.75) is 36.7 Å². The minimum absolute atomic E-state index is 0.0831. The highest BCUT2D eigenvalue weighted by atomic mass is 32.1. The first kappa shape index (κ1) is 25.4. The van der Waals surface area contributed by atoms with Crippen LogP contribution in [0.25, 0.3) is 6.08 Å². The number of Topliss-reactive ketones (excluding diaryl/α,β-unsaturated/α-hetero) is 1. The molecule has 5 nitrogen and oxygen atoms in total. The maximum atomic E-state index is 14.5. The average Bonchev–Trinajstić information content (AvgIpc) is 3.48. The van der Waals surface area contributed by atoms with Crippen molar-refractivity contribution in [1.29, 1.82) is 0 Å². The van der Waals surface area contributed by atoms with Gasteiger partial charge >= 0.3 is 12.1 Å². The molecule has 2 aliphatic rings. The van der Waals surface area contributed by atoms with Crippen LogP contribution in [0.1, 0.15) is 35.9 Å². The number of aliphatic carboxylic acids is 1. The van der Waals surface area contributed by atoms with E-state index in [2.05, 4.69) is 16.0 Å². The summed E-state index contributed by atoms with van der Waals surface area (Å²) < 4.78 is 46.2. The topological polar surface area (TPSA) is 70.5 Å². The Balaban J connectivity index is 0.000000383. The smallest absolute Gasteiger partial charge is 0.475 e. The lowest BCUT2D eigenvalue weighted by Crippen LogP contribution is -2.42. The van der Waals surface area contributed by atoms with E-state index >= 15 is 0 Å². The van der Waals surface area contributed by atoms with Crippen molar-refractivity contribution in [3.05, 3.63) is 57.8 Å². The van der Waals surface area contributed by atoms with E-state index in [0.717, 1.165) is 36.4 Å². The molecule has 0 spiro atoms. The summed E-state index contributed by atoms with van der Waals surface area (Å²) in [6, 6.07) is 6.16. The van der Waals surface area contributed by atoms with Crippen LogP contribution < -0.4 is 0 Å². The maximum absolute atomic E-state index is 14.5. The minimum atomic E-state index is -5.08. The maximum Gasteiger partial charge on any atom is 0.490 e. The number of carboxylic acids is 1. The molecule has 1 aliphatic carbocycles. The van der Waals surface area contributed by atoms with Crippen LogP contribution in [0.2, 0.25) is 0 Å². The summed E-state index contributed by atoms with van der Waals surface area (Å²) in [5.74, 6) is -2.82. The van der Waals surface area contributed by atoms with Gasteiger partial charge < -0.3 is 5.11 Å². The van der Waals surface area contributed by atoms with Crippen LogP contribution in [0, 0.1) is 11.7 Å². The molecule has 1 aromatic carbocycles. The Morgan fingerprint density at radius 3 is 2.45 bits per heavy atom. The van der Waals surface area contributed by atoms with Gasteiger partial charge in [0.1, 0.15) is 10.8 Å². The number of aromatic nitrogens is 1. The van der Waals surface area contributed by atoms with Gasteiger partial charge in [0.15, 0.2) is 5.78 Å². The Labute approximate surface area is 197 Å². The fourth-order valence-corrected chi connectivity index (χ4v) is 4.41. The summed E-state index contributed by atoms with van der Waals surface area (Å²) in [6.07, 6.45) is 1.45. The molecule has 4 rings (SSSR count). The van der Waals surface area contributed by atoms with Crippen LogP contribution in [0.3, 0.4) is 0 Å². The van der Waals surface area contributed by atoms with Gasteiger partial charge in [-0.05, 0) is 37.0 Å². The van der Waals surface area contributed by atoms with Crippen molar-refractivity contribution in [1.82, 2.24) is 9.88 Å². The monoisotopic (exact) mass is 502 g/mol. The van der Waals surface area contributed by atoms with Gasteiger partial charge in [0.2, 0.25) is 0 Å². The third kappa shape index (κ3) is 6.87. The second-order valence-corrected chi connectivity index (χ2v) is 9.32. The van der Waals surface area contributed by atoms with Crippen molar-refractivity contribution in [2.24, 2.45) is 5.92 Å². The molecule has 1 saturated heterocycles. The van der Waals surface area contributed by atoms with E-state index in [4.69, 9.17) is 22.5 Å². The van der Waals surface area contributed by atoms with Gasteiger partial charge in [-0.1, -0.05) is 18.2 Å². The number of rotatable bonds is 5. The number of likely N-dealkylation sites (tertiary alicyclic amines) is 1. The van der Waals surface area contributed by atoms with Gasteiger partial charge in [-0.2, -0.15) is 25.8 Å². The number of benzene rings is 1. The van der Waals surface area contributed by atoms with E-state index in [0.29, 0.717) is 12.1 Å². The number of alkyl halides is 3. The highest BCUT2D eigenvalue weighted by molar-refractivity contribution is 7.81. The highest BCUT2D eigenvalue weighted by Crippen LogP contribution is 2.39. The Bertz CT molecular complexity index is 1010. The molecule has 0 bridgehead atoms. The van der Waals surface area contributed by atoms with Crippen LogP contribution >= 0.6 is 24.0 Å². The van der Waals surface area contributed by atoms with E-state index in [-0.39, 0.29) is 22.8 Å². The second kappa shape index (κ2) is 10.8. The summed E-state index contributed by atoms with van der Waals surface area (Å²) in [4.78, 5) is 28.3. The van der Waals surface area contributed by atoms with Crippen LogP contribution in [-0.2, 0) is 9.59 Å². The van der Waals surface area contributed by atoms with E-state index in [1.807, 2.05) is 11.4 Å². The third-order valence-corrected chi connectivity index (χ3v) is 6.63. The van der Waals surface area contributed by atoms with Crippen molar-refractivity contribution in [3.8, 4) is 0 Å². The third-order valence-electron chi connectivity index (χ3n) is 5.32. The van der Waals surface area contributed by atoms with E-state index in [9.17, 15) is 22.4 Å². The zero-order valence-electron chi connectivity index (χ0n) is 17.3. The second-order valence-electron chi connectivity index (χ2n) is 7.77. The molecule has 2 aromatic rings. The first-order valence-electron chi connectivity index (χ1n) is 10.2. The molecule has 1 N–H and O–H groups in total. The zero-order chi connectivity index (χ0) is 24.2. The number of halogens is 4. The summed E-state index contributed by atoms with van der Waals surface area (Å²) >= 11 is 6.29. The fraction of sp³-hybridized carbons (Fsp3) is 0.409. The number of hydrogen-bond acceptors (Lipinski definition) is 6.